The second-order valence-corrected chi connectivity index (χ2v) is 9.22. The van der Waals surface area contributed by atoms with Gasteiger partial charge in [0.05, 0.1) is 25.2 Å². The molecule has 0 spiro atoms. The summed E-state index contributed by atoms with van der Waals surface area (Å²) in [7, 11) is 0. The predicted octanol–water partition coefficient (Wildman–Crippen LogP) is 1.65. The number of rotatable bonds is 4. The van der Waals surface area contributed by atoms with Crippen LogP contribution in [0.3, 0.4) is 0 Å². The zero-order valence-corrected chi connectivity index (χ0v) is 18.3. The van der Waals surface area contributed by atoms with Crippen LogP contribution in [-0.2, 0) is 16.1 Å². The highest BCUT2D eigenvalue weighted by molar-refractivity contribution is 5.81. The van der Waals surface area contributed by atoms with Crippen LogP contribution in [0.25, 0.3) is 5.57 Å². The van der Waals surface area contributed by atoms with Gasteiger partial charge >= 0.3 is 0 Å². The molecule has 3 aliphatic heterocycles. The van der Waals surface area contributed by atoms with Crippen molar-refractivity contribution in [1.29, 1.82) is 0 Å². The first kappa shape index (κ1) is 20.9. The van der Waals surface area contributed by atoms with Crippen LogP contribution in [0.2, 0.25) is 0 Å². The standard InChI is InChI=1S/C24H33N3O4/c1-2-26-20-14-27-19(9-8-17(23(27)29)16-6-4-3-5-7-16)22(26)21(18(20)15-28)24(30)25-10-12-31-13-11-25/h6,8-9,18,20-22,28H,2-5,7,10-15H2,1H3/t18-,20-,21+,22+/m0/s1. The van der Waals surface area contributed by atoms with E-state index in [1.54, 1.807) is 0 Å². The molecule has 1 aromatic heterocycles. The minimum absolute atomic E-state index is 0.00391. The molecule has 168 valence electrons. The average Bonchev–Trinajstić information content (AvgIpc) is 3.05. The molecule has 1 aliphatic carbocycles. The molecule has 4 heterocycles. The Hall–Kier alpha value is -1.96. The third-order valence-electron chi connectivity index (χ3n) is 7.78. The van der Waals surface area contributed by atoms with E-state index in [0.717, 1.165) is 42.6 Å². The van der Waals surface area contributed by atoms with Gasteiger partial charge in [-0.05, 0) is 49.9 Å². The molecule has 4 atom stereocenters. The van der Waals surface area contributed by atoms with Gasteiger partial charge in [-0.3, -0.25) is 14.5 Å². The number of amides is 1. The lowest BCUT2D eigenvalue weighted by atomic mass is 9.86. The van der Waals surface area contributed by atoms with Gasteiger partial charge in [0.2, 0.25) is 5.91 Å². The van der Waals surface area contributed by atoms with E-state index in [1.807, 2.05) is 15.5 Å². The Morgan fingerprint density at radius 1 is 1.23 bits per heavy atom. The van der Waals surface area contributed by atoms with Crippen LogP contribution in [0.15, 0.2) is 23.0 Å². The Bertz CT molecular complexity index is 933. The lowest BCUT2D eigenvalue weighted by Gasteiger charge is -2.38. The van der Waals surface area contributed by atoms with Crippen molar-refractivity contribution in [2.24, 2.45) is 11.8 Å². The molecular formula is C24H33N3O4. The van der Waals surface area contributed by atoms with Crippen molar-refractivity contribution < 1.29 is 14.6 Å². The van der Waals surface area contributed by atoms with Gasteiger partial charge in [-0.15, -0.1) is 0 Å². The maximum atomic E-state index is 13.6. The molecule has 2 bridgehead atoms. The quantitative estimate of drug-likeness (QED) is 0.791. The van der Waals surface area contributed by atoms with E-state index in [4.69, 9.17) is 4.74 Å². The van der Waals surface area contributed by atoms with E-state index in [9.17, 15) is 14.7 Å². The van der Waals surface area contributed by atoms with Crippen molar-refractivity contribution in [2.45, 2.75) is 51.2 Å². The van der Waals surface area contributed by atoms with Gasteiger partial charge in [0, 0.05) is 49.5 Å². The summed E-state index contributed by atoms with van der Waals surface area (Å²) in [6.45, 7) is 5.69. The fourth-order valence-electron chi connectivity index (χ4n) is 6.26. The number of carbonyl (C=O) groups excluding carboxylic acids is 1. The number of pyridine rings is 1. The van der Waals surface area contributed by atoms with Crippen LogP contribution >= 0.6 is 0 Å². The molecule has 1 amide bonds. The van der Waals surface area contributed by atoms with Crippen molar-refractivity contribution in [2.75, 3.05) is 39.5 Å². The molecule has 0 saturated carbocycles. The third-order valence-corrected chi connectivity index (χ3v) is 7.78. The predicted molar refractivity (Wildman–Crippen MR) is 118 cm³/mol. The number of morpholine rings is 1. The summed E-state index contributed by atoms with van der Waals surface area (Å²) in [5, 5.41) is 10.3. The summed E-state index contributed by atoms with van der Waals surface area (Å²) in [4.78, 5) is 31.4. The molecule has 0 aromatic carbocycles. The van der Waals surface area contributed by atoms with Crippen LogP contribution in [0, 0.1) is 11.8 Å². The van der Waals surface area contributed by atoms with Gasteiger partial charge in [-0.1, -0.05) is 13.0 Å². The van der Waals surface area contributed by atoms with Crippen molar-refractivity contribution in [3.05, 3.63) is 39.8 Å². The highest BCUT2D eigenvalue weighted by Crippen LogP contribution is 2.48. The lowest BCUT2D eigenvalue weighted by molar-refractivity contribution is -0.142. The van der Waals surface area contributed by atoms with Crippen LogP contribution < -0.4 is 5.56 Å². The topological polar surface area (TPSA) is 75.0 Å². The van der Waals surface area contributed by atoms with Gasteiger partial charge < -0.3 is 19.3 Å². The van der Waals surface area contributed by atoms with Gasteiger partial charge in [0.25, 0.3) is 5.56 Å². The summed E-state index contributed by atoms with van der Waals surface area (Å²) in [5.41, 5.74) is 2.96. The number of aliphatic hydroxyl groups is 1. The maximum absolute atomic E-state index is 13.6. The molecule has 2 fully saturated rings. The summed E-state index contributed by atoms with van der Waals surface area (Å²) in [5.74, 6) is -0.411. The normalized spacial score (nSPS) is 30.8. The molecule has 1 aromatic rings. The minimum atomic E-state index is -0.332. The molecule has 7 heteroatoms. The Balaban J connectivity index is 1.56. The van der Waals surface area contributed by atoms with Gasteiger partial charge in [0.1, 0.15) is 0 Å². The fraction of sp³-hybridized carbons (Fsp3) is 0.667. The Kier molecular flexibility index (Phi) is 5.75. The van der Waals surface area contributed by atoms with Crippen LogP contribution in [0.1, 0.15) is 49.9 Å². The van der Waals surface area contributed by atoms with E-state index in [2.05, 4.69) is 24.0 Å². The molecule has 5 rings (SSSR count). The highest BCUT2D eigenvalue weighted by Gasteiger charge is 2.56. The number of hydrogen-bond donors (Lipinski definition) is 1. The van der Waals surface area contributed by atoms with Crippen LogP contribution in [-0.4, -0.2) is 70.9 Å². The summed E-state index contributed by atoms with van der Waals surface area (Å²) >= 11 is 0. The van der Waals surface area contributed by atoms with E-state index in [0.29, 0.717) is 32.8 Å². The number of hydrogen-bond acceptors (Lipinski definition) is 5. The Labute approximate surface area is 183 Å². The number of allylic oxidation sites excluding steroid dienone is 2. The summed E-state index contributed by atoms with van der Waals surface area (Å²) in [6, 6.07) is 3.87. The number of aromatic nitrogens is 1. The fourth-order valence-corrected chi connectivity index (χ4v) is 6.26. The van der Waals surface area contributed by atoms with E-state index in [1.165, 1.54) is 6.42 Å². The molecule has 2 saturated heterocycles. The molecule has 31 heavy (non-hydrogen) atoms. The van der Waals surface area contributed by atoms with Crippen LogP contribution in [0.5, 0.6) is 0 Å². The minimum Gasteiger partial charge on any atom is -0.396 e. The maximum Gasteiger partial charge on any atom is 0.258 e. The Morgan fingerprint density at radius 3 is 2.71 bits per heavy atom. The zero-order valence-electron chi connectivity index (χ0n) is 18.3. The molecule has 1 N–H and O–H groups in total. The van der Waals surface area contributed by atoms with Gasteiger partial charge in [-0.2, -0.15) is 0 Å². The van der Waals surface area contributed by atoms with Gasteiger partial charge in [-0.25, -0.2) is 0 Å². The summed E-state index contributed by atoms with van der Waals surface area (Å²) < 4.78 is 7.34. The number of likely N-dealkylation sites (N-methyl/N-ethyl adjacent to an activating group) is 1. The number of nitrogens with zero attached hydrogens (tertiary/aromatic N) is 3. The molecule has 7 nitrogen and oxygen atoms in total. The molecule has 0 unspecified atom stereocenters. The Morgan fingerprint density at radius 2 is 2.03 bits per heavy atom. The number of carbonyl (C=O) groups is 1. The molecule has 4 aliphatic rings. The van der Waals surface area contributed by atoms with Crippen molar-refractivity contribution in [3.63, 3.8) is 0 Å². The average molecular weight is 428 g/mol. The first-order chi connectivity index (χ1) is 15.2. The monoisotopic (exact) mass is 427 g/mol. The number of aliphatic hydroxyl groups excluding tert-OH is 1. The van der Waals surface area contributed by atoms with Gasteiger partial charge in [0.15, 0.2) is 0 Å². The second-order valence-electron chi connectivity index (χ2n) is 9.22. The first-order valence-electron chi connectivity index (χ1n) is 11.8. The van der Waals surface area contributed by atoms with Crippen molar-refractivity contribution in [1.82, 2.24) is 14.4 Å². The third kappa shape index (κ3) is 3.38. The van der Waals surface area contributed by atoms with Crippen molar-refractivity contribution in [3.8, 4) is 0 Å². The lowest BCUT2D eigenvalue weighted by Crippen LogP contribution is -2.47. The number of ether oxygens (including phenoxy) is 1. The number of fused-ring (bicyclic) bond motifs is 4. The highest BCUT2D eigenvalue weighted by atomic mass is 16.5. The molecular weight excluding hydrogens is 394 g/mol. The largest absolute Gasteiger partial charge is 0.396 e. The zero-order chi connectivity index (χ0) is 21.5. The SMILES string of the molecule is CCN1[C@@H]2c3ccc(C4=CCCCC4)c(=O)n3C[C@H]1[C@H](CO)[C@H]2C(=O)N1CCOCC1. The second kappa shape index (κ2) is 8.52. The van der Waals surface area contributed by atoms with Crippen LogP contribution in [0.4, 0.5) is 0 Å². The van der Waals surface area contributed by atoms with Crippen molar-refractivity contribution >= 4 is 11.5 Å². The first-order valence-corrected chi connectivity index (χ1v) is 11.8. The molecule has 0 radical (unpaired) electrons. The van der Waals surface area contributed by atoms with E-state index in [-0.39, 0.29) is 42.0 Å². The van der Waals surface area contributed by atoms with E-state index < -0.39 is 0 Å². The summed E-state index contributed by atoms with van der Waals surface area (Å²) in [6.07, 6.45) is 6.53. The smallest absolute Gasteiger partial charge is 0.258 e. The van der Waals surface area contributed by atoms with E-state index >= 15 is 0 Å².